The van der Waals surface area contributed by atoms with Crippen molar-refractivity contribution in [2.75, 3.05) is 12.0 Å². The van der Waals surface area contributed by atoms with E-state index in [0.29, 0.717) is 37.9 Å². The second-order valence-corrected chi connectivity index (χ2v) is 8.53. The number of rotatable bonds is 5. The highest BCUT2D eigenvalue weighted by Crippen LogP contribution is 2.34. The van der Waals surface area contributed by atoms with Gasteiger partial charge in [-0.2, -0.15) is 0 Å². The van der Waals surface area contributed by atoms with Crippen molar-refractivity contribution in [1.29, 1.82) is 0 Å². The molecule has 3 aromatic rings. The van der Waals surface area contributed by atoms with E-state index < -0.39 is 4.92 Å². The molecule has 0 bridgehead atoms. The molecule has 33 heavy (non-hydrogen) atoms. The summed E-state index contributed by atoms with van der Waals surface area (Å²) in [5.41, 5.74) is 2.69. The molecule has 0 spiro atoms. The van der Waals surface area contributed by atoms with Gasteiger partial charge in [-0.3, -0.25) is 19.8 Å². The third-order valence-electron chi connectivity index (χ3n) is 5.07. The average Bonchev–Trinajstić information content (AvgIpc) is 3.11. The number of carbonyl (C=O) groups excluding carboxylic acids is 1. The third-order valence-corrected chi connectivity index (χ3v) is 5.92. The van der Waals surface area contributed by atoms with Crippen LogP contribution in [0.4, 0.5) is 11.4 Å². The highest BCUT2D eigenvalue weighted by atomic mass is 79.9. The summed E-state index contributed by atoms with van der Waals surface area (Å²) in [6.45, 7) is 1.88. The fraction of sp³-hybridized carbons (Fsp3) is 0.0833. The van der Waals surface area contributed by atoms with Gasteiger partial charge < -0.3 is 4.74 Å². The molecule has 166 valence electrons. The van der Waals surface area contributed by atoms with Crippen molar-refractivity contribution in [3.63, 3.8) is 0 Å². The van der Waals surface area contributed by atoms with Crippen LogP contribution in [-0.4, -0.2) is 23.8 Å². The maximum Gasteiger partial charge on any atom is 0.282 e. The van der Waals surface area contributed by atoms with Gasteiger partial charge in [0, 0.05) is 22.7 Å². The van der Waals surface area contributed by atoms with E-state index in [0.717, 1.165) is 5.56 Å². The van der Waals surface area contributed by atoms with Crippen molar-refractivity contribution in [1.82, 2.24) is 0 Å². The van der Waals surface area contributed by atoms with Gasteiger partial charge in [-0.05, 0) is 70.4 Å². The van der Waals surface area contributed by atoms with Crippen LogP contribution in [0.5, 0.6) is 5.75 Å². The second kappa shape index (κ2) is 9.17. The number of nitro benzene ring substituents is 1. The lowest BCUT2D eigenvalue weighted by Gasteiger charge is -2.21. The van der Waals surface area contributed by atoms with Gasteiger partial charge in [0.15, 0.2) is 0 Å². The molecule has 0 saturated carbocycles. The van der Waals surface area contributed by atoms with Gasteiger partial charge in [-0.15, -0.1) is 0 Å². The van der Waals surface area contributed by atoms with Crippen molar-refractivity contribution >= 4 is 56.7 Å². The van der Waals surface area contributed by atoms with Gasteiger partial charge in [-0.1, -0.05) is 29.8 Å². The van der Waals surface area contributed by atoms with Gasteiger partial charge in [0.2, 0.25) is 0 Å². The molecule has 0 unspecified atom stereocenters. The lowest BCUT2D eigenvalue weighted by Crippen LogP contribution is -2.33. The summed E-state index contributed by atoms with van der Waals surface area (Å²) >= 11 is 9.71. The zero-order chi connectivity index (χ0) is 23.7. The van der Waals surface area contributed by atoms with Crippen LogP contribution in [-0.2, 0) is 4.79 Å². The highest BCUT2D eigenvalue weighted by molar-refractivity contribution is 9.10. The van der Waals surface area contributed by atoms with Crippen LogP contribution in [0.2, 0.25) is 5.02 Å². The number of hydrogen-bond acceptors (Lipinski definition) is 5. The minimum absolute atomic E-state index is 0.0689. The normalized spacial score (nSPS) is 14.5. The Balaban J connectivity index is 1.87. The number of ether oxygens (including phenoxy) is 1. The number of nitro groups is 1. The maximum atomic E-state index is 13.5. The van der Waals surface area contributed by atoms with E-state index in [-0.39, 0.29) is 17.3 Å². The number of non-ortho nitro benzene ring substituents is 1. The van der Waals surface area contributed by atoms with Crippen molar-refractivity contribution in [2.45, 2.75) is 6.92 Å². The molecule has 0 atom stereocenters. The first-order valence-corrected chi connectivity index (χ1v) is 10.9. The Morgan fingerprint density at radius 1 is 1.15 bits per heavy atom. The van der Waals surface area contributed by atoms with Crippen LogP contribution in [0.15, 0.2) is 75.8 Å². The summed E-state index contributed by atoms with van der Waals surface area (Å²) < 4.78 is 6.01. The number of hydrogen-bond donors (Lipinski definition) is 0. The minimum atomic E-state index is -0.482. The number of anilines is 1. The first-order chi connectivity index (χ1) is 15.8. The largest absolute Gasteiger partial charge is 0.496 e. The third kappa shape index (κ3) is 4.53. The SMILES string of the molecule is COc1ccc(C2=NC(=Cc3cccc([N+](=O)[O-])c3)C(=O)N2c2cc(Cl)ccc2C)cc1Br. The molecule has 1 amide bonds. The number of carbonyl (C=O) groups is 1. The summed E-state index contributed by atoms with van der Waals surface area (Å²) in [5, 5.41) is 11.6. The summed E-state index contributed by atoms with van der Waals surface area (Å²) in [5.74, 6) is 0.681. The van der Waals surface area contributed by atoms with Crippen molar-refractivity contribution in [2.24, 2.45) is 4.99 Å². The Labute approximate surface area is 203 Å². The van der Waals surface area contributed by atoms with Crippen molar-refractivity contribution in [3.8, 4) is 5.75 Å². The molecular weight excluding hydrogens is 510 g/mol. The number of aliphatic imine (C=N–C) groups is 1. The highest BCUT2D eigenvalue weighted by Gasteiger charge is 2.33. The monoisotopic (exact) mass is 525 g/mol. The van der Waals surface area contributed by atoms with Crippen LogP contribution < -0.4 is 9.64 Å². The van der Waals surface area contributed by atoms with Crippen LogP contribution in [0.25, 0.3) is 6.08 Å². The Bertz CT molecular complexity index is 1350. The number of amidine groups is 1. The quantitative estimate of drug-likeness (QED) is 0.226. The van der Waals surface area contributed by atoms with Crippen LogP contribution in [0, 0.1) is 17.0 Å². The number of halogens is 2. The zero-order valence-corrected chi connectivity index (χ0v) is 19.9. The maximum absolute atomic E-state index is 13.5. The molecule has 0 N–H and O–H groups in total. The molecular formula is C24H17BrClN3O4. The topological polar surface area (TPSA) is 85.0 Å². The molecule has 3 aromatic carbocycles. The fourth-order valence-electron chi connectivity index (χ4n) is 3.45. The standard InChI is InChI=1S/C24H17BrClN3O4/c1-14-6-8-17(26)13-21(14)28-23(16-7-9-22(33-2)19(25)12-16)27-20(24(28)30)11-15-4-3-5-18(10-15)29(31)32/h3-13H,1-2H3. The number of methoxy groups -OCH3 is 1. The van der Waals surface area contributed by atoms with Crippen LogP contribution in [0.1, 0.15) is 16.7 Å². The Morgan fingerprint density at radius 3 is 2.64 bits per heavy atom. The fourth-order valence-corrected chi connectivity index (χ4v) is 4.16. The summed E-state index contributed by atoms with van der Waals surface area (Å²) in [7, 11) is 1.57. The van der Waals surface area contributed by atoms with Gasteiger partial charge >= 0.3 is 0 Å². The van der Waals surface area contributed by atoms with E-state index >= 15 is 0 Å². The number of nitrogens with zero attached hydrogens (tertiary/aromatic N) is 3. The van der Waals surface area contributed by atoms with E-state index in [1.165, 1.54) is 23.1 Å². The lowest BCUT2D eigenvalue weighted by atomic mass is 10.1. The molecule has 9 heteroatoms. The summed E-state index contributed by atoms with van der Waals surface area (Å²) in [6, 6.07) is 16.7. The van der Waals surface area contributed by atoms with Crippen molar-refractivity contribution < 1.29 is 14.5 Å². The van der Waals surface area contributed by atoms with E-state index in [2.05, 4.69) is 20.9 Å². The number of benzene rings is 3. The molecule has 0 fully saturated rings. The second-order valence-electron chi connectivity index (χ2n) is 7.24. The molecule has 0 aromatic heterocycles. The molecule has 1 heterocycles. The Kier molecular flexibility index (Phi) is 6.31. The Morgan fingerprint density at radius 2 is 1.94 bits per heavy atom. The molecule has 0 aliphatic carbocycles. The summed E-state index contributed by atoms with van der Waals surface area (Å²) in [6.07, 6.45) is 1.54. The van der Waals surface area contributed by atoms with Crippen molar-refractivity contribution in [3.05, 3.63) is 103 Å². The van der Waals surface area contributed by atoms with Gasteiger partial charge in [0.05, 0.1) is 22.2 Å². The van der Waals surface area contributed by atoms with E-state index in [1.54, 1.807) is 43.5 Å². The predicted octanol–water partition coefficient (Wildman–Crippen LogP) is 6.16. The number of aryl methyl sites for hydroxylation is 1. The number of amides is 1. The first kappa shape index (κ1) is 22.7. The lowest BCUT2D eigenvalue weighted by molar-refractivity contribution is -0.384. The Hall–Kier alpha value is -3.49. The molecule has 0 radical (unpaired) electrons. The van der Waals surface area contributed by atoms with Crippen LogP contribution in [0.3, 0.4) is 0 Å². The van der Waals surface area contributed by atoms with Gasteiger partial charge in [0.25, 0.3) is 11.6 Å². The minimum Gasteiger partial charge on any atom is -0.496 e. The molecule has 4 rings (SSSR count). The predicted molar refractivity (Wildman–Crippen MR) is 132 cm³/mol. The van der Waals surface area contributed by atoms with E-state index in [1.807, 2.05) is 19.1 Å². The zero-order valence-electron chi connectivity index (χ0n) is 17.6. The van der Waals surface area contributed by atoms with E-state index in [9.17, 15) is 14.9 Å². The van der Waals surface area contributed by atoms with Gasteiger partial charge in [-0.25, -0.2) is 4.99 Å². The first-order valence-electron chi connectivity index (χ1n) is 9.78. The molecule has 7 nitrogen and oxygen atoms in total. The van der Waals surface area contributed by atoms with Gasteiger partial charge in [0.1, 0.15) is 17.3 Å². The van der Waals surface area contributed by atoms with Crippen LogP contribution >= 0.6 is 27.5 Å². The van der Waals surface area contributed by atoms with E-state index in [4.69, 9.17) is 16.3 Å². The average molecular weight is 527 g/mol. The molecule has 1 aliphatic heterocycles. The summed E-state index contributed by atoms with van der Waals surface area (Å²) in [4.78, 5) is 30.3. The smallest absolute Gasteiger partial charge is 0.282 e. The molecule has 1 aliphatic rings. The molecule has 0 saturated heterocycles.